The van der Waals surface area contributed by atoms with Crippen molar-refractivity contribution in [3.05, 3.63) is 23.3 Å². The zero-order valence-electron chi connectivity index (χ0n) is 14.1. The van der Waals surface area contributed by atoms with Crippen molar-refractivity contribution in [1.82, 2.24) is 0 Å². The second-order valence-corrected chi connectivity index (χ2v) is 7.26. The number of ether oxygens (including phenoxy) is 1. The minimum absolute atomic E-state index is 0.0472. The van der Waals surface area contributed by atoms with Gasteiger partial charge in [-0.3, -0.25) is 10.1 Å². The molecule has 1 aliphatic heterocycles. The average molecular weight is 332 g/mol. The summed E-state index contributed by atoms with van der Waals surface area (Å²) in [5.41, 5.74) is -0.0948. The summed E-state index contributed by atoms with van der Waals surface area (Å²) in [4.78, 5) is 37.8. The molecule has 24 heavy (non-hydrogen) atoms. The number of nitrogens with one attached hydrogen (secondary N) is 1. The Labute approximate surface area is 139 Å². The zero-order chi connectivity index (χ0) is 17.9. The molecule has 0 saturated heterocycles. The van der Waals surface area contributed by atoms with Gasteiger partial charge in [0.1, 0.15) is 5.60 Å². The zero-order valence-corrected chi connectivity index (χ0v) is 14.1. The highest BCUT2D eigenvalue weighted by molar-refractivity contribution is 6.14. The topological polar surface area (TPSA) is 95.9 Å². The summed E-state index contributed by atoms with van der Waals surface area (Å²) in [6, 6.07) is 3.02. The second-order valence-electron chi connectivity index (χ2n) is 7.26. The SMILES string of the molecule is CN1C(=O)C2(CC2)c2c1ccc(C(=O)O)c2NC(=O)OC(C)(C)C. The number of likely N-dealkylation sites (N-methyl/N-ethyl adjacent to an activating group) is 1. The van der Waals surface area contributed by atoms with E-state index in [1.54, 1.807) is 33.9 Å². The Kier molecular flexibility index (Phi) is 3.37. The standard InChI is InChI=1S/C17H20N2O5/c1-16(2,3)24-15(23)18-12-9(13(20)21)5-6-10-11(12)17(7-8-17)14(22)19(10)4/h5-6H,7-8H2,1-4H3,(H,18,23)(H,20,21). The van der Waals surface area contributed by atoms with Crippen molar-refractivity contribution < 1.29 is 24.2 Å². The van der Waals surface area contributed by atoms with E-state index < -0.39 is 23.1 Å². The molecule has 0 radical (unpaired) electrons. The Balaban J connectivity index is 2.10. The second kappa shape index (κ2) is 4.96. The molecule has 2 amide bonds. The van der Waals surface area contributed by atoms with E-state index in [-0.39, 0.29) is 17.2 Å². The van der Waals surface area contributed by atoms with Crippen molar-refractivity contribution in [2.24, 2.45) is 0 Å². The molecule has 1 fully saturated rings. The summed E-state index contributed by atoms with van der Waals surface area (Å²) < 4.78 is 5.24. The maximum Gasteiger partial charge on any atom is 0.412 e. The van der Waals surface area contributed by atoms with Gasteiger partial charge >= 0.3 is 12.1 Å². The van der Waals surface area contributed by atoms with E-state index >= 15 is 0 Å². The molecular formula is C17H20N2O5. The van der Waals surface area contributed by atoms with Gasteiger partial charge in [0, 0.05) is 18.3 Å². The van der Waals surface area contributed by atoms with E-state index in [1.165, 1.54) is 11.0 Å². The van der Waals surface area contributed by atoms with Crippen LogP contribution in [-0.2, 0) is 14.9 Å². The number of nitrogens with zero attached hydrogens (tertiary/aromatic N) is 1. The Bertz CT molecular complexity index is 759. The molecule has 3 rings (SSSR count). The number of rotatable bonds is 2. The number of carbonyl (C=O) groups is 3. The minimum Gasteiger partial charge on any atom is -0.478 e. The highest BCUT2D eigenvalue weighted by Gasteiger charge is 2.60. The van der Waals surface area contributed by atoms with E-state index in [4.69, 9.17) is 4.74 Å². The number of carboxylic acids is 1. The predicted octanol–water partition coefficient (Wildman–Crippen LogP) is 2.74. The highest BCUT2D eigenvalue weighted by Crippen LogP contribution is 2.59. The number of fused-ring (bicyclic) bond motifs is 2. The Morgan fingerprint density at radius 2 is 1.92 bits per heavy atom. The maximum absolute atomic E-state index is 12.5. The van der Waals surface area contributed by atoms with Gasteiger partial charge in [0.2, 0.25) is 5.91 Å². The Hall–Kier alpha value is -2.57. The van der Waals surface area contributed by atoms with E-state index in [1.807, 2.05) is 0 Å². The molecule has 0 unspecified atom stereocenters. The fourth-order valence-electron chi connectivity index (χ4n) is 3.20. The van der Waals surface area contributed by atoms with Crippen LogP contribution in [0.5, 0.6) is 0 Å². The average Bonchev–Trinajstić information content (AvgIpc) is 3.20. The van der Waals surface area contributed by atoms with E-state index in [2.05, 4.69) is 5.32 Å². The lowest BCUT2D eigenvalue weighted by molar-refractivity contribution is -0.119. The molecule has 1 heterocycles. The molecule has 7 nitrogen and oxygen atoms in total. The molecule has 128 valence electrons. The molecule has 1 aliphatic carbocycles. The van der Waals surface area contributed by atoms with Gasteiger partial charge in [-0.2, -0.15) is 0 Å². The molecule has 0 bridgehead atoms. The van der Waals surface area contributed by atoms with Crippen LogP contribution in [0, 0.1) is 0 Å². The van der Waals surface area contributed by atoms with Gasteiger partial charge in [-0.1, -0.05) is 0 Å². The van der Waals surface area contributed by atoms with Crippen LogP contribution in [0.4, 0.5) is 16.2 Å². The van der Waals surface area contributed by atoms with Gasteiger partial charge in [0.05, 0.1) is 16.7 Å². The maximum atomic E-state index is 12.5. The van der Waals surface area contributed by atoms with Crippen molar-refractivity contribution in [2.45, 2.75) is 44.6 Å². The first-order valence-electron chi connectivity index (χ1n) is 7.76. The van der Waals surface area contributed by atoms with Crippen LogP contribution in [0.1, 0.15) is 49.5 Å². The van der Waals surface area contributed by atoms with Gasteiger partial charge < -0.3 is 14.7 Å². The molecule has 7 heteroatoms. The van der Waals surface area contributed by atoms with Crippen LogP contribution in [0.2, 0.25) is 0 Å². The summed E-state index contributed by atoms with van der Waals surface area (Å²) in [5, 5.41) is 12.0. The third-order valence-electron chi connectivity index (χ3n) is 4.34. The summed E-state index contributed by atoms with van der Waals surface area (Å²) in [5.74, 6) is -1.23. The fourth-order valence-corrected chi connectivity index (χ4v) is 3.20. The monoisotopic (exact) mass is 332 g/mol. The third-order valence-corrected chi connectivity index (χ3v) is 4.34. The normalized spacial score (nSPS) is 17.7. The quantitative estimate of drug-likeness (QED) is 0.868. The summed E-state index contributed by atoms with van der Waals surface area (Å²) in [6.07, 6.45) is 0.556. The van der Waals surface area contributed by atoms with Crippen LogP contribution >= 0.6 is 0 Å². The van der Waals surface area contributed by atoms with Gasteiger partial charge in [-0.25, -0.2) is 9.59 Å². The first-order valence-corrected chi connectivity index (χ1v) is 7.76. The Morgan fingerprint density at radius 3 is 2.42 bits per heavy atom. The van der Waals surface area contributed by atoms with E-state index in [0.717, 1.165) is 0 Å². The van der Waals surface area contributed by atoms with Crippen LogP contribution < -0.4 is 10.2 Å². The lowest BCUT2D eigenvalue weighted by Crippen LogP contribution is -2.29. The number of carboxylic acid groups (broad SMARTS) is 1. The largest absolute Gasteiger partial charge is 0.478 e. The number of carbonyl (C=O) groups excluding carboxylic acids is 2. The van der Waals surface area contributed by atoms with Gasteiger partial charge in [-0.05, 0) is 45.7 Å². The van der Waals surface area contributed by atoms with Crippen molar-refractivity contribution in [3.8, 4) is 0 Å². The van der Waals surface area contributed by atoms with Crippen molar-refractivity contribution >= 4 is 29.3 Å². The van der Waals surface area contributed by atoms with Crippen molar-refractivity contribution in [1.29, 1.82) is 0 Å². The molecule has 1 spiro atoms. The highest BCUT2D eigenvalue weighted by atomic mass is 16.6. The summed E-state index contributed by atoms with van der Waals surface area (Å²) >= 11 is 0. The number of amides is 2. The molecule has 1 aromatic rings. The molecule has 2 aliphatic rings. The smallest absolute Gasteiger partial charge is 0.412 e. The first-order chi connectivity index (χ1) is 11.1. The number of anilines is 2. The van der Waals surface area contributed by atoms with Crippen LogP contribution in [0.3, 0.4) is 0 Å². The molecule has 0 aromatic heterocycles. The van der Waals surface area contributed by atoms with Gasteiger partial charge in [-0.15, -0.1) is 0 Å². The molecular weight excluding hydrogens is 312 g/mol. The molecule has 2 N–H and O–H groups in total. The van der Waals surface area contributed by atoms with Crippen molar-refractivity contribution in [2.75, 3.05) is 17.3 Å². The molecule has 1 aromatic carbocycles. The lowest BCUT2D eigenvalue weighted by Gasteiger charge is -2.22. The summed E-state index contributed by atoms with van der Waals surface area (Å²) in [6.45, 7) is 5.17. The van der Waals surface area contributed by atoms with Gasteiger partial charge in [0.15, 0.2) is 0 Å². The van der Waals surface area contributed by atoms with E-state index in [9.17, 15) is 19.5 Å². The third kappa shape index (κ3) is 2.40. The predicted molar refractivity (Wildman–Crippen MR) is 87.6 cm³/mol. The molecule has 0 atom stereocenters. The number of hydrogen-bond acceptors (Lipinski definition) is 4. The number of aromatic carboxylic acids is 1. The number of hydrogen-bond donors (Lipinski definition) is 2. The van der Waals surface area contributed by atoms with Gasteiger partial charge in [0.25, 0.3) is 0 Å². The Morgan fingerprint density at radius 1 is 1.29 bits per heavy atom. The van der Waals surface area contributed by atoms with Crippen LogP contribution in [0.15, 0.2) is 12.1 Å². The number of benzene rings is 1. The summed E-state index contributed by atoms with van der Waals surface area (Å²) in [7, 11) is 1.66. The fraction of sp³-hybridized carbons (Fsp3) is 0.471. The lowest BCUT2D eigenvalue weighted by atomic mass is 9.93. The first kappa shape index (κ1) is 16.3. The van der Waals surface area contributed by atoms with Crippen molar-refractivity contribution in [3.63, 3.8) is 0 Å². The molecule has 1 saturated carbocycles. The minimum atomic E-state index is -1.17. The van der Waals surface area contributed by atoms with E-state index in [0.29, 0.717) is 24.1 Å². The van der Waals surface area contributed by atoms with Crippen LogP contribution in [-0.4, -0.2) is 35.7 Å². The van der Waals surface area contributed by atoms with Crippen LogP contribution in [0.25, 0.3) is 0 Å².